The first-order chi connectivity index (χ1) is 20.0. The van der Waals surface area contributed by atoms with Gasteiger partial charge in [0, 0.05) is 28.6 Å². The highest BCUT2D eigenvalue weighted by molar-refractivity contribution is 6.72. The van der Waals surface area contributed by atoms with E-state index in [1.165, 1.54) is 0 Å². The second-order valence-electron chi connectivity index (χ2n) is 12.3. The molecule has 9 heteroatoms. The van der Waals surface area contributed by atoms with E-state index >= 15 is 4.11 Å². The molecule has 0 aromatic heterocycles. The highest BCUT2D eigenvalue weighted by atomic mass is 35.5. The van der Waals surface area contributed by atoms with Gasteiger partial charge in [-0.1, -0.05) is 73.1 Å². The topological polar surface area (TPSA) is 70.1 Å². The zero-order valence-corrected chi connectivity index (χ0v) is 25.9. The fourth-order valence-corrected chi connectivity index (χ4v) is 10.1. The number of benzene rings is 3. The Labute approximate surface area is 252 Å². The van der Waals surface area contributed by atoms with Crippen LogP contribution in [-0.4, -0.2) is 49.0 Å². The summed E-state index contributed by atoms with van der Waals surface area (Å²) in [6.07, 6.45) is -0.323. The number of aliphatic hydroxyl groups excluding tert-OH is 1. The smallest absolute Gasteiger partial charge is 0.264 e. The van der Waals surface area contributed by atoms with Crippen molar-refractivity contribution in [2.75, 3.05) is 11.5 Å². The monoisotopic (exact) mass is 606 g/mol. The van der Waals surface area contributed by atoms with Gasteiger partial charge in [0.15, 0.2) is 5.60 Å². The third kappa shape index (κ3) is 4.78. The minimum absolute atomic E-state index is 0.0718. The number of rotatable bonds is 6. The molecule has 3 aromatic carbocycles. The Morgan fingerprint density at radius 3 is 2.48 bits per heavy atom. The lowest BCUT2D eigenvalue weighted by atomic mass is 9.82. The van der Waals surface area contributed by atoms with Gasteiger partial charge in [0.1, 0.15) is 0 Å². The molecule has 6 nitrogen and oxygen atoms in total. The van der Waals surface area contributed by atoms with Gasteiger partial charge < -0.3 is 23.8 Å². The number of hydrogen-bond donors (Lipinski definition) is 1. The summed E-state index contributed by atoms with van der Waals surface area (Å²) >= 11 is 6.47. The van der Waals surface area contributed by atoms with E-state index in [0.717, 1.165) is 16.7 Å². The van der Waals surface area contributed by atoms with Crippen LogP contribution in [0.25, 0.3) is 0 Å². The largest absolute Gasteiger partial charge is 0.394 e. The van der Waals surface area contributed by atoms with Gasteiger partial charge in [-0.3, -0.25) is 9.59 Å². The lowest BCUT2D eigenvalue weighted by Gasteiger charge is -2.37. The predicted octanol–water partition coefficient (Wildman–Crippen LogP) is 6.00. The molecule has 3 aromatic rings. The maximum absolute atomic E-state index is 16.2. The van der Waals surface area contributed by atoms with Crippen molar-refractivity contribution in [1.82, 2.24) is 4.90 Å². The van der Waals surface area contributed by atoms with Crippen LogP contribution in [0.15, 0.2) is 72.8 Å². The molecule has 0 aliphatic carbocycles. The van der Waals surface area contributed by atoms with Crippen LogP contribution in [0.4, 0.5) is 9.80 Å². The van der Waals surface area contributed by atoms with Crippen LogP contribution in [0, 0.1) is 5.92 Å². The highest BCUT2D eigenvalue weighted by Crippen LogP contribution is 2.60. The van der Waals surface area contributed by atoms with Crippen molar-refractivity contribution in [3.8, 4) is 0 Å². The van der Waals surface area contributed by atoms with Crippen molar-refractivity contribution in [3.63, 3.8) is 0 Å². The molecule has 1 fully saturated rings. The summed E-state index contributed by atoms with van der Waals surface area (Å²) in [6, 6.07) is 22.6. The van der Waals surface area contributed by atoms with Gasteiger partial charge >= 0.3 is 0 Å². The maximum Gasteiger partial charge on any atom is 0.264 e. The third-order valence-electron chi connectivity index (χ3n) is 9.37. The van der Waals surface area contributed by atoms with E-state index in [1.807, 2.05) is 67.6 Å². The Balaban J connectivity index is 1.36. The molecule has 3 heterocycles. The number of ether oxygens (including phenoxy) is 1. The standard InChI is InChI=1S/C33H36ClFN2O4Si/c1-21-31(42(2,3)35)29(17-30(39)36-19-24-12-8-7-11-23(24)15-26(36)20-38)41-33(21)27-16-25(34)13-14-28(27)37(32(33)40)18-22-9-5-4-6-10-22/h4-14,16,21,26,29,31,38H,15,17-20H2,1-3H3/t21-,26+,29+,31-,33+/m1/s1. The summed E-state index contributed by atoms with van der Waals surface area (Å²) < 4.78 is 23.0. The number of nitrogens with zero attached hydrogens (tertiary/aromatic N) is 2. The molecule has 0 radical (unpaired) electrons. The minimum Gasteiger partial charge on any atom is -0.394 e. The van der Waals surface area contributed by atoms with E-state index in [9.17, 15) is 14.7 Å². The molecule has 1 N–H and O–H groups in total. The number of carbonyl (C=O) groups excluding carboxylic acids is 2. The lowest BCUT2D eigenvalue weighted by molar-refractivity contribution is -0.151. The molecule has 220 valence electrons. The summed E-state index contributed by atoms with van der Waals surface area (Å²) in [5, 5.41) is 10.6. The zero-order chi connectivity index (χ0) is 29.8. The van der Waals surface area contributed by atoms with Crippen LogP contribution in [-0.2, 0) is 39.4 Å². The first kappa shape index (κ1) is 29.0. The number of carbonyl (C=O) groups is 2. The molecule has 2 amide bonds. The van der Waals surface area contributed by atoms with Crippen molar-refractivity contribution in [1.29, 1.82) is 0 Å². The summed E-state index contributed by atoms with van der Waals surface area (Å²) in [5.74, 6) is -0.989. The van der Waals surface area contributed by atoms with Gasteiger partial charge in [-0.05, 0) is 54.4 Å². The second kappa shape index (κ2) is 10.9. The maximum atomic E-state index is 16.2. The van der Waals surface area contributed by atoms with Crippen molar-refractivity contribution in [2.24, 2.45) is 5.92 Å². The van der Waals surface area contributed by atoms with Crippen molar-refractivity contribution < 1.29 is 23.5 Å². The van der Waals surface area contributed by atoms with Gasteiger partial charge in [-0.2, -0.15) is 0 Å². The molecule has 5 atom stereocenters. The van der Waals surface area contributed by atoms with E-state index in [4.69, 9.17) is 16.3 Å². The molecule has 6 rings (SSSR count). The van der Waals surface area contributed by atoms with Crippen LogP contribution in [0.1, 0.15) is 35.6 Å². The quantitative estimate of drug-likeness (QED) is 0.276. The SMILES string of the molecule is C[C@@H]1[C@@H]([Si](C)(C)F)[C@H](CC(=O)N2Cc3ccccc3C[C@H]2CO)O[C@@]12C(=O)N(Cc1ccccc1)c1ccc(Cl)cc12. The summed E-state index contributed by atoms with van der Waals surface area (Å²) in [7, 11) is -3.45. The summed E-state index contributed by atoms with van der Waals surface area (Å²) in [6.45, 7) is 5.67. The Kier molecular flexibility index (Phi) is 7.54. The van der Waals surface area contributed by atoms with E-state index in [1.54, 1.807) is 35.0 Å². The van der Waals surface area contributed by atoms with Crippen molar-refractivity contribution >= 4 is 37.5 Å². The van der Waals surface area contributed by atoms with E-state index in [0.29, 0.717) is 35.8 Å². The highest BCUT2D eigenvalue weighted by Gasteiger charge is 2.67. The average Bonchev–Trinajstić information content (AvgIpc) is 3.39. The average molecular weight is 607 g/mol. The van der Waals surface area contributed by atoms with E-state index in [-0.39, 0.29) is 30.9 Å². The molecule has 3 aliphatic rings. The second-order valence-corrected chi connectivity index (χ2v) is 16.6. The fourth-order valence-electron chi connectivity index (χ4n) is 7.47. The summed E-state index contributed by atoms with van der Waals surface area (Å²) in [5.41, 5.74) is 2.36. The Bertz CT molecular complexity index is 1520. The molecule has 1 saturated heterocycles. The summed E-state index contributed by atoms with van der Waals surface area (Å²) in [4.78, 5) is 31.8. The number of anilines is 1. The molecule has 0 bridgehead atoms. The van der Waals surface area contributed by atoms with Crippen LogP contribution in [0.2, 0.25) is 23.7 Å². The van der Waals surface area contributed by atoms with Crippen molar-refractivity contribution in [2.45, 2.75) is 69.2 Å². The van der Waals surface area contributed by atoms with Gasteiger partial charge in [0.2, 0.25) is 14.3 Å². The molecule has 0 saturated carbocycles. The molecule has 3 aliphatic heterocycles. The number of hydrogen-bond acceptors (Lipinski definition) is 4. The van der Waals surface area contributed by atoms with Gasteiger partial charge in [0.05, 0.1) is 37.4 Å². The molecular formula is C33H36ClFN2O4Si. The first-order valence-electron chi connectivity index (χ1n) is 14.5. The molecule has 42 heavy (non-hydrogen) atoms. The Morgan fingerprint density at radius 1 is 1.10 bits per heavy atom. The van der Waals surface area contributed by atoms with Gasteiger partial charge in [-0.25, -0.2) is 0 Å². The number of amides is 2. The van der Waals surface area contributed by atoms with Gasteiger partial charge in [-0.15, -0.1) is 0 Å². The number of fused-ring (bicyclic) bond motifs is 3. The van der Waals surface area contributed by atoms with Crippen LogP contribution >= 0.6 is 11.6 Å². The zero-order valence-electron chi connectivity index (χ0n) is 24.1. The fraction of sp³-hybridized carbons (Fsp3) is 0.394. The van der Waals surface area contributed by atoms with Crippen LogP contribution in [0.5, 0.6) is 0 Å². The predicted molar refractivity (Wildman–Crippen MR) is 163 cm³/mol. The lowest BCUT2D eigenvalue weighted by Crippen LogP contribution is -2.48. The van der Waals surface area contributed by atoms with Crippen LogP contribution in [0.3, 0.4) is 0 Å². The molecule has 1 spiro atoms. The normalized spacial score (nSPS) is 27.0. The van der Waals surface area contributed by atoms with Gasteiger partial charge in [0.25, 0.3) is 5.91 Å². The third-order valence-corrected chi connectivity index (χ3v) is 12.1. The van der Waals surface area contributed by atoms with Crippen LogP contribution < -0.4 is 4.90 Å². The Morgan fingerprint density at radius 2 is 1.79 bits per heavy atom. The van der Waals surface area contributed by atoms with E-state index < -0.39 is 31.6 Å². The minimum atomic E-state index is -3.45. The Hall–Kier alpha value is -3.04. The van der Waals surface area contributed by atoms with E-state index in [2.05, 4.69) is 0 Å². The van der Waals surface area contributed by atoms with Crippen molar-refractivity contribution in [3.05, 3.63) is 100 Å². The number of aliphatic hydroxyl groups is 1. The first-order valence-corrected chi connectivity index (χ1v) is 17.9. The molecule has 0 unspecified atom stereocenters. The number of halogens is 2. The molecular weight excluding hydrogens is 571 g/mol.